The highest BCUT2D eigenvalue weighted by Gasteiger charge is 2.13. The van der Waals surface area contributed by atoms with Crippen LogP contribution < -0.4 is 9.47 Å². The van der Waals surface area contributed by atoms with E-state index in [9.17, 15) is 0 Å². The standard InChI is InChI=1S/C20H15NO2/c1-22-19-10-12-8-15-16(9-13(12)11-20(19)23-2)18-7-6-14-4-3-5-17(15)21(14)18/h3-11H,1-2H3. The molecule has 5 rings (SSSR count). The number of hydrogen-bond donors (Lipinski definition) is 0. The van der Waals surface area contributed by atoms with E-state index in [0.717, 1.165) is 22.3 Å². The number of fused-ring (bicyclic) bond motifs is 4. The Kier molecular flexibility index (Phi) is 2.35. The first-order valence-electron chi connectivity index (χ1n) is 7.61. The SMILES string of the molecule is COc1cc2cc3c(cc2cc1OC)c1ccc2cccc3n21. The summed E-state index contributed by atoms with van der Waals surface area (Å²) in [7, 11) is 3.34. The summed E-state index contributed by atoms with van der Waals surface area (Å²) in [6.45, 7) is 0. The number of methoxy groups -OCH3 is 2. The summed E-state index contributed by atoms with van der Waals surface area (Å²) in [6.07, 6.45) is 0. The minimum absolute atomic E-state index is 0.760. The third-order valence-corrected chi connectivity index (χ3v) is 4.70. The van der Waals surface area contributed by atoms with Crippen molar-refractivity contribution in [1.29, 1.82) is 0 Å². The largest absolute Gasteiger partial charge is 0.493 e. The second kappa shape index (κ2) is 4.29. The number of pyridine rings is 1. The molecule has 3 heteroatoms. The maximum atomic E-state index is 5.44. The third-order valence-electron chi connectivity index (χ3n) is 4.70. The van der Waals surface area contributed by atoms with Crippen LogP contribution in [0.4, 0.5) is 0 Å². The summed E-state index contributed by atoms with van der Waals surface area (Å²) in [5.41, 5.74) is 3.73. The zero-order valence-electron chi connectivity index (χ0n) is 13.0. The van der Waals surface area contributed by atoms with Gasteiger partial charge in [0.25, 0.3) is 0 Å². The lowest BCUT2D eigenvalue weighted by molar-refractivity contribution is 0.356. The summed E-state index contributed by atoms with van der Waals surface area (Å²) in [6, 6.07) is 19.4. The van der Waals surface area contributed by atoms with Gasteiger partial charge in [0.1, 0.15) is 0 Å². The average molecular weight is 301 g/mol. The lowest BCUT2D eigenvalue weighted by Crippen LogP contribution is -1.90. The van der Waals surface area contributed by atoms with E-state index in [0.29, 0.717) is 0 Å². The van der Waals surface area contributed by atoms with Crippen molar-refractivity contribution in [3.8, 4) is 11.5 Å². The van der Waals surface area contributed by atoms with E-state index in [1.165, 1.54) is 27.3 Å². The molecule has 3 aromatic heterocycles. The van der Waals surface area contributed by atoms with Crippen molar-refractivity contribution in [2.75, 3.05) is 14.2 Å². The van der Waals surface area contributed by atoms with Crippen LogP contribution in [0.25, 0.3) is 38.1 Å². The van der Waals surface area contributed by atoms with Gasteiger partial charge in [-0.15, -0.1) is 0 Å². The zero-order chi connectivity index (χ0) is 15.6. The predicted molar refractivity (Wildman–Crippen MR) is 94.2 cm³/mol. The smallest absolute Gasteiger partial charge is 0.161 e. The maximum absolute atomic E-state index is 5.44. The normalized spacial score (nSPS) is 11.9. The first-order chi connectivity index (χ1) is 11.3. The molecule has 0 bridgehead atoms. The van der Waals surface area contributed by atoms with Crippen molar-refractivity contribution in [1.82, 2.24) is 4.40 Å². The molecule has 0 amide bonds. The minimum Gasteiger partial charge on any atom is -0.493 e. The highest BCUT2D eigenvalue weighted by molar-refractivity contribution is 6.15. The maximum Gasteiger partial charge on any atom is 0.161 e. The molecule has 0 aliphatic rings. The molecule has 3 heterocycles. The monoisotopic (exact) mass is 301 g/mol. The molecule has 2 aromatic carbocycles. The van der Waals surface area contributed by atoms with Gasteiger partial charge in [-0.05, 0) is 59.3 Å². The third kappa shape index (κ3) is 1.54. The Morgan fingerprint density at radius 3 is 1.91 bits per heavy atom. The Hall–Kier alpha value is -2.94. The molecule has 0 aliphatic heterocycles. The molecule has 23 heavy (non-hydrogen) atoms. The number of aromatic nitrogens is 1. The molecular formula is C20H15NO2. The molecule has 0 radical (unpaired) electrons. The molecule has 5 aromatic rings. The van der Waals surface area contributed by atoms with Gasteiger partial charge in [0.15, 0.2) is 11.5 Å². The summed E-state index contributed by atoms with van der Waals surface area (Å²) >= 11 is 0. The van der Waals surface area contributed by atoms with Gasteiger partial charge in [0.05, 0.1) is 25.3 Å². The molecule has 0 aliphatic carbocycles. The quantitative estimate of drug-likeness (QED) is 0.465. The molecule has 0 saturated heterocycles. The van der Waals surface area contributed by atoms with E-state index in [4.69, 9.17) is 9.47 Å². The molecule has 0 spiro atoms. The summed E-state index contributed by atoms with van der Waals surface area (Å²) in [5, 5.41) is 4.85. The van der Waals surface area contributed by atoms with Crippen molar-refractivity contribution in [3.63, 3.8) is 0 Å². The Morgan fingerprint density at radius 2 is 1.30 bits per heavy atom. The molecule has 3 nitrogen and oxygen atoms in total. The predicted octanol–water partition coefficient (Wildman–Crippen LogP) is 4.85. The number of benzene rings is 2. The van der Waals surface area contributed by atoms with Gasteiger partial charge in [0.2, 0.25) is 0 Å². The molecular weight excluding hydrogens is 286 g/mol. The van der Waals surface area contributed by atoms with E-state index < -0.39 is 0 Å². The minimum atomic E-state index is 0.760. The second-order valence-corrected chi connectivity index (χ2v) is 5.84. The van der Waals surface area contributed by atoms with Crippen LogP contribution in [-0.4, -0.2) is 18.6 Å². The van der Waals surface area contributed by atoms with Gasteiger partial charge >= 0.3 is 0 Å². The molecule has 0 N–H and O–H groups in total. The van der Waals surface area contributed by atoms with Gasteiger partial charge in [-0.25, -0.2) is 0 Å². The van der Waals surface area contributed by atoms with Crippen molar-refractivity contribution in [2.24, 2.45) is 0 Å². The number of rotatable bonds is 2. The number of hydrogen-bond acceptors (Lipinski definition) is 2. The summed E-state index contributed by atoms with van der Waals surface area (Å²) in [5.74, 6) is 1.52. The van der Waals surface area contributed by atoms with Crippen LogP contribution in [0, 0.1) is 0 Å². The Bertz CT molecular complexity index is 1140. The van der Waals surface area contributed by atoms with Crippen LogP contribution in [0.15, 0.2) is 54.6 Å². The van der Waals surface area contributed by atoms with E-state index in [1.807, 2.05) is 12.1 Å². The van der Waals surface area contributed by atoms with Gasteiger partial charge in [-0.3, -0.25) is 0 Å². The van der Waals surface area contributed by atoms with E-state index in [2.05, 4.69) is 46.9 Å². The van der Waals surface area contributed by atoms with Crippen LogP contribution in [-0.2, 0) is 0 Å². The summed E-state index contributed by atoms with van der Waals surface area (Å²) in [4.78, 5) is 0. The highest BCUT2D eigenvalue weighted by Crippen LogP contribution is 2.38. The average Bonchev–Trinajstić information content (AvgIpc) is 3.15. The van der Waals surface area contributed by atoms with Crippen molar-refractivity contribution in [2.45, 2.75) is 0 Å². The fourth-order valence-corrected chi connectivity index (χ4v) is 3.64. The number of nitrogens with zero attached hydrogens (tertiary/aromatic N) is 1. The number of ether oxygens (including phenoxy) is 2. The van der Waals surface area contributed by atoms with Crippen molar-refractivity contribution < 1.29 is 9.47 Å². The Balaban J connectivity index is 1.99. The first-order valence-corrected chi connectivity index (χ1v) is 7.61. The van der Waals surface area contributed by atoms with Crippen molar-refractivity contribution in [3.05, 3.63) is 54.6 Å². The van der Waals surface area contributed by atoms with Gasteiger partial charge in [-0.2, -0.15) is 0 Å². The van der Waals surface area contributed by atoms with Gasteiger partial charge in [-0.1, -0.05) is 6.07 Å². The van der Waals surface area contributed by atoms with Gasteiger partial charge < -0.3 is 13.9 Å². The second-order valence-electron chi connectivity index (χ2n) is 5.84. The Morgan fingerprint density at radius 1 is 0.696 bits per heavy atom. The molecule has 0 fully saturated rings. The fourth-order valence-electron chi connectivity index (χ4n) is 3.64. The van der Waals surface area contributed by atoms with Crippen molar-refractivity contribution >= 4 is 38.1 Å². The van der Waals surface area contributed by atoms with Crippen LogP contribution in [0.1, 0.15) is 0 Å². The van der Waals surface area contributed by atoms with Gasteiger partial charge in [0, 0.05) is 16.3 Å². The molecule has 0 atom stereocenters. The fraction of sp³-hybridized carbons (Fsp3) is 0.100. The van der Waals surface area contributed by atoms with Crippen LogP contribution in [0.5, 0.6) is 11.5 Å². The molecule has 0 saturated carbocycles. The zero-order valence-corrected chi connectivity index (χ0v) is 13.0. The topological polar surface area (TPSA) is 22.9 Å². The van der Waals surface area contributed by atoms with Crippen LogP contribution >= 0.6 is 0 Å². The lowest BCUT2D eigenvalue weighted by Gasteiger charge is -2.09. The van der Waals surface area contributed by atoms with E-state index in [1.54, 1.807) is 14.2 Å². The highest BCUT2D eigenvalue weighted by atomic mass is 16.5. The van der Waals surface area contributed by atoms with E-state index in [-0.39, 0.29) is 0 Å². The lowest BCUT2D eigenvalue weighted by atomic mass is 10.0. The van der Waals surface area contributed by atoms with Crippen LogP contribution in [0.2, 0.25) is 0 Å². The first kappa shape index (κ1) is 12.6. The van der Waals surface area contributed by atoms with E-state index >= 15 is 0 Å². The summed E-state index contributed by atoms with van der Waals surface area (Å²) < 4.78 is 13.2. The van der Waals surface area contributed by atoms with Crippen LogP contribution in [0.3, 0.4) is 0 Å². The molecule has 0 unspecified atom stereocenters. The molecule has 112 valence electrons. The Labute approximate surface area is 133 Å².